The third kappa shape index (κ3) is 7.32. The van der Waals surface area contributed by atoms with Crippen molar-refractivity contribution in [2.75, 3.05) is 58.8 Å². The van der Waals surface area contributed by atoms with E-state index in [9.17, 15) is 13.2 Å². The molecule has 2 saturated heterocycles. The number of nitrogens with one attached hydrogen (secondary N) is 1. The van der Waals surface area contributed by atoms with E-state index in [-0.39, 0.29) is 27.3 Å². The van der Waals surface area contributed by atoms with E-state index in [1.54, 1.807) is 17.0 Å². The Morgan fingerprint density at radius 3 is 2.40 bits per heavy atom. The van der Waals surface area contributed by atoms with Gasteiger partial charge >= 0.3 is 6.03 Å². The minimum Gasteiger partial charge on any atom is -0.403 e. The van der Waals surface area contributed by atoms with E-state index >= 15 is 0 Å². The molecule has 2 aromatic carbocycles. The van der Waals surface area contributed by atoms with Crippen LogP contribution in [0.4, 0.5) is 10.5 Å². The van der Waals surface area contributed by atoms with Gasteiger partial charge in [-0.3, -0.25) is 4.99 Å². The number of carbonyl (C=O) groups is 1. The fourth-order valence-electron chi connectivity index (χ4n) is 8.75. The Kier molecular flexibility index (Phi) is 11.0. The highest BCUT2D eigenvalue weighted by molar-refractivity contribution is 7.96. The van der Waals surface area contributed by atoms with Gasteiger partial charge in [0, 0.05) is 95.2 Å². The van der Waals surface area contributed by atoms with Gasteiger partial charge in [0.25, 0.3) is 0 Å². The van der Waals surface area contributed by atoms with Crippen LogP contribution < -0.4 is 16.0 Å². The fraction of sp³-hybridized carbons (Fsp3) is 0.500. The monoisotopic (exact) mass is 700 g/mol. The molecular weight excluding hydrogens is 649 g/mol. The Labute approximate surface area is 297 Å². The molecule has 50 heavy (non-hydrogen) atoms. The SMILES string of the molecule is CN=CC(=CN)S(=O)(=O)c1ccc(N2CC(CN3CCC(C(Cn4ccnc4)(c4ccccc4)[C@@H]4CCC[C@H]4NC(=O)N(C)C)CC3)C2)cc1. The quantitative estimate of drug-likeness (QED) is 0.269. The Morgan fingerprint density at radius 1 is 1.06 bits per heavy atom. The number of nitrogens with two attached hydrogens (primary N) is 1. The van der Waals surface area contributed by atoms with Crippen molar-refractivity contribution in [1.29, 1.82) is 0 Å². The number of hydrogen-bond acceptors (Lipinski definition) is 8. The van der Waals surface area contributed by atoms with Crippen LogP contribution in [0.1, 0.15) is 37.7 Å². The summed E-state index contributed by atoms with van der Waals surface area (Å²) in [6, 6.07) is 18.2. The first kappa shape index (κ1) is 35.7. The van der Waals surface area contributed by atoms with Crippen LogP contribution in [0, 0.1) is 17.8 Å². The Bertz CT molecular complexity index is 1730. The molecule has 3 atom stereocenters. The maximum atomic E-state index is 13.0. The maximum Gasteiger partial charge on any atom is 0.317 e. The highest BCUT2D eigenvalue weighted by Gasteiger charge is 2.52. The van der Waals surface area contributed by atoms with E-state index in [0.717, 1.165) is 83.3 Å². The number of rotatable bonds is 12. The summed E-state index contributed by atoms with van der Waals surface area (Å²) in [4.78, 5) is 28.0. The average molecular weight is 701 g/mol. The molecule has 2 amide bonds. The van der Waals surface area contributed by atoms with Crippen molar-refractivity contribution < 1.29 is 13.2 Å². The number of sulfone groups is 1. The lowest BCUT2D eigenvalue weighted by Gasteiger charge is -2.51. The predicted octanol–water partition coefficient (Wildman–Crippen LogP) is 4.38. The molecular formula is C38H52N8O3S. The summed E-state index contributed by atoms with van der Waals surface area (Å²) in [5.41, 5.74) is 7.81. The number of aromatic nitrogens is 2. The molecule has 1 aromatic heterocycles. The predicted molar refractivity (Wildman–Crippen MR) is 199 cm³/mol. The van der Waals surface area contributed by atoms with E-state index in [1.165, 1.54) is 18.8 Å². The highest BCUT2D eigenvalue weighted by atomic mass is 32.2. The summed E-state index contributed by atoms with van der Waals surface area (Å²) in [6.45, 7) is 5.89. The van der Waals surface area contributed by atoms with Gasteiger partial charge in [-0.15, -0.1) is 0 Å². The number of hydrogen-bond donors (Lipinski definition) is 2. The zero-order valence-electron chi connectivity index (χ0n) is 29.6. The Balaban J connectivity index is 1.13. The molecule has 0 spiro atoms. The molecule has 3 fully saturated rings. The van der Waals surface area contributed by atoms with Crippen LogP contribution in [-0.2, 0) is 21.8 Å². The van der Waals surface area contributed by atoms with Crippen molar-refractivity contribution in [3.8, 4) is 0 Å². The zero-order chi connectivity index (χ0) is 35.3. The lowest BCUT2D eigenvalue weighted by Crippen LogP contribution is -2.57. The summed E-state index contributed by atoms with van der Waals surface area (Å²) in [5.74, 6) is 1.33. The largest absolute Gasteiger partial charge is 0.403 e. The summed E-state index contributed by atoms with van der Waals surface area (Å²) in [7, 11) is 1.45. The summed E-state index contributed by atoms with van der Waals surface area (Å²) in [5, 5.41) is 3.42. The van der Waals surface area contributed by atoms with E-state index in [1.807, 2.05) is 38.8 Å². The molecule has 0 bridgehead atoms. The number of nitrogens with zero attached hydrogens (tertiary/aromatic N) is 6. The first-order valence-corrected chi connectivity index (χ1v) is 19.3. The van der Waals surface area contributed by atoms with Gasteiger partial charge in [-0.1, -0.05) is 36.8 Å². The normalized spacial score (nSPS) is 22.4. The second-order valence-corrected chi connectivity index (χ2v) is 16.4. The van der Waals surface area contributed by atoms with E-state index < -0.39 is 9.84 Å². The number of piperidine rings is 1. The highest BCUT2D eigenvalue weighted by Crippen LogP contribution is 2.51. The zero-order valence-corrected chi connectivity index (χ0v) is 30.4. The van der Waals surface area contributed by atoms with Crippen LogP contribution in [-0.4, -0.2) is 99.9 Å². The van der Waals surface area contributed by atoms with Crippen LogP contribution in [0.3, 0.4) is 0 Å². The van der Waals surface area contributed by atoms with Crippen LogP contribution in [0.2, 0.25) is 0 Å². The van der Waals surface area contributed by atoms with Crippen LogP contribution >= 0.6 is 0 Å². The van der Waals surface area contributed by atoms with Gasteiger partial charge in [0.1, 0.15) is 4.91 Å². The van der Waals surface area contributed by atoms with Crippen molar-refractivity contribution in [3.05, 3.63) is 90.0 Å². The smallest absolute Gasteiger partial charge is 0.317 e. The summed E-state index contributed by atoms with van der Waals surface area (Å²) < 4.78 is 28.1. The maximum absolute atomic E-state index is 13.0. The number of urea groups is 1. The van der Waals surface area contributed by atoms with Crippen molar-refractivity contribution in [2.45, 2.75) is 55.0 Å². The fourth-order valence-corrected chi connectivity index (χ4v) is 9.94. The van der Waals surface area contributed by atoms with Gasteiger partial charge < -0.3 is 30.3 Å². The van der Waals surface area contributed by atoms with Crippen LogP contribution in [0.5, 0.6) is 0 Å². The van der Waals surface area contributed by atoms with Gasteiger partial charge in [-0.05, 0) is 80.4 Å². The van der Waals surface area contributed by atoms with Gasteiger partial charge in [0.05, 0.1) is 11.2 Å². The molecule has 6 rings (SSSR count). The summed E-state index contributed by atoms with van der Waals surface area (Å²) >= 11 is 0. The lowest BCUT2D eigenvalue weighted by molar-refractivity contribution is 0.0561. The first-order valence-electron chi connectivity index (χ1n) is 17.8. The van der Waals surface area contributed by atoms with E-state index in [2.05, 4.69) is 66.2 Å². The molecule has 1 unspecified atom stereocenters. The number of imidazole rings is 1. The molecule has 1 saturated carbocycles. The molecule has 3 heterocycles. The Hall–Kier alpha value is -4.16. The second kappa shape index (κ2) is 15.4. The number of likely N-dealkylation sites (tertiary alicyclic amines) is 1. The second-order valence-electron chi connectivity index (χ2n) is 14.4. The Morgan fingerprint density at radius 2 is 1.78 bits per heavy atom. The van der Waals surface area contributed by atoms with Crippen molar-refractivity contribution >= 4 is 27.8 Å². The molecule has 2 aliphatic heterocycles. The van der Waals surface area contributed by atoms with E-state index in [4.69, 9.17) is 5.73 Å². The number of allylic oxidation sites excluding steroid dienone is 1. The van der Waals surface area contributed by atoms with Gasteiger partial charge in [0.2, 0.25) is 9.84 Å². The van der Waals surface area contributed by atoms with Crippen molar-refractivity contribution in [1.82, 2.24) is 24.7 Å². The molecule has 268 valence electrons. The summed E-state index contributed by atoms with van der Waals surface area (Å²) in [6.07, 6.45) is 13.6. The minimum absolute atomic E-state index is 0.0116. The third-order valence-electron chi connectivity index (χ3n) is 11.2. The van der Waals surface area contributed by atoms with Crippen LogP contribution in [0.25, 0.3) is 0 Å². The topological polar surface area (TPSA) is 129 Å². The van der Waals surface area contributed by atoms with Gasteiger partial charge in [-0.25, -0.2) is 18.2 Å². The first-order chi connectivity index (χ1) is 24.1. The molecule has 1 aliphatic carbocycles. The standard InChI is InChI=1S/C38H52N8O3S/c1-40-23-34(22-39)50(48,49)33-14-12-32(13-15-33)46-25-29(26-46)24-44-19-16-31(17-20-44)38(27-45-21-18-41-28-45,30-8-5-4-6-9-30)35-10-7-11-36(35)42-37(47)43(2)3/h4-6,8-9,12-15,18,21-23,28-29,31,35-36H,7,10-11,16-17,19-20,24-27,39H2,1-3H3,(H,42,47)/t35-,36-,38?/m1/s1. The van der Waals surface area contributed by atoms with Gasteiger partial charge in [0.15, 0.2) is 0 Å². The van der Waals surface area contributed by atoms with Crippen LogP contribution in [0.15, 0.2) is 94.3 Å². The molecule has 3 N–H and O–H groups in total. The number of anilines is 1. The van der Waals surface area contributed by atoms with E-state index in [0.29, 0.717) is 17.8 Å². The van der Waals surface area contributed by atoms with Crippen molar-refractivity contribution in [2.24, 2.45) is 28.5 Å². The van der Waals surface area contributed by atoms with Gasteiger partial charge in [-0.2, -0.15) is 0 Å². The van der Waals surface area contributed by atoms with Crippen molar-refractivity contribution in [3.63, 3.8) is 0 Å². The number of benzene rings is 2. The molecule has 0 radical (unpaired) electrons. The number of carbonyl (C=O) groups excluding carboxylic acids is 1. The molecule has 3 aliphatic rings. The number of amides is 2. The lowest BCUT2D eigenvalue weighted by atomic mass is 9.58. The number of aliphatic imine (C=N–C) groups is 1. The molecule has 3 aromatic rings. The molecule has 12 heteroatoms. The average Bonchev–Trinajstić information content (AvgIpc) is 3.81. The third-order valence-corrected chi connectivity index (χ3v) is 13.0. The minimum atomic E-state index is -3.70. The molecule has 11 nitrogen and oxygen atoms in total.